The van der Waals surface area contributed by atoms with E-state index in [1.807, 2.05) is 37.3 Å². The summed E-state index contributed by atoms with van der Waals surface area (Å²) in [5.41, 5.74) is 0.860. The molecule has 1 saturated carbocycles. The molecule has 3 heteroatoms. The van der Waals surface area contributed by atoms with Crippen molar-refractivity contribution in [2.24, 2.45) is 5.92 Å². The Kier molecular flexibility index (Phi) is 6.24. The zero-order chi connectivity index (χ0) is 15.1. The summed E-state index contributed by atoms with van der Waals surface area (Å²) >= 11 is 0. The van der Waals surface area contributed by atoms with E-state index < -0.39 is 0 Å². The quantitative estimate of drug-likeness (QED) is 0.805. The number of amides is 1. The standard InChI is InChI=1S/C18H28N2O/c1-14(16-10-6-3-4-7-11-16)19-15(2)18(21)20-17-12-8-5-9-13-17/h5,8-9,12-16,19H,3-4,6-7,10-11H2,1-2H3,(H,20,21)/t14-,15?/m0/s1. The molecule has 2 rings (SSSR count). The third-order valence-electron chi connectivity index (χ3n) is 4.55. The van der Waals surface area contributed by atoms with Crippen LogP contribution in [-0.4, -0.2) is 18.0 Å². The SMILES string of the molecule is CC(N[C@@H](C)C1CCCCCC1)C(=O)Nc1ccccc1. The van der Waals surface area contributed by atoms with Crippen molar-refractivity contribution in [2.45, 2.75) is 64.5 Å². The number of anilines is 1. The van der Waals surface area contributed by atoms with Gasteiger partial charge in [0, 0.05) is 11.7 Å². The lowest BCUT2D eigenvalue weighted by molar-refractivity contribution is -0.118. The van der Waals surface area contributed by atoms with Crippen LogP contribution in [0.2, 0.25) is 0 Å². The highest BCUT2D eigenvalue weighted by atomic mass is 16.2. The van der Waals surface area contributed by atoms with Crippen molar-refractivity contribution in [3.8, 4) is 0 Å². The summed E-state index contributed by atoms with van der Waals surface area (Å²) in [6.45, 7) is 4.17. The number of para-hydroxylation sites is 1. The fourth-order valence-electron chi connectivity index (χ4n) is 3.19. The van der Waals surface area contributed by atoms with Crippen LogP contribution in [0.25, 0.3) is 0 Å². The first-order valence-corrected chi connectivity index (χ1v) is 8.29. The van der Waals surface area contributed by atoms with Gasteiger partial charge in [-0.15, -0.1) is 0 Å². The van der Waals surface area contributed by atoms with Crippen molar-refractivity contribution >= 4 is 11.6 Å². The van der Waals surface area contributed by atoms with Gasteiger partial charge in [0.25, 0.3) is 0 Å². The number of nitrogens with one attached hydrogen (secondary N) is 2. The summed E-state index contributed by atoms with van der Waals surface area (Å²) in [6.07, 6.45) is 7.99. The smallest absolute Gasteiger partial charge is 0.241 e. The van der Waals surface area contributed by atoms with Crippen molar-refractivity contribution in [1.82, 2.24) is 5.32 Å². The van der Waals surface area contributed by atoms with Crippen LogP contribution >= 0.6 is 0 Å². The van der Waals surface area contributed by atoms with Crippen LogP contribution in [0, 0.1) is 5.92 Å². The van der Waals surface area contributed by atoms with Crippen molar-refractivity contribution in [1.29, 1.82) is 0 Å². The lowest BCUT2D eigenvalue weighted by Crippen LogP contribution is -2.45. The van der Waals surface area contributed by atoms with Crippen molar-refractivity contribution in [3.63, 3.8) is 0 Å². The van der Waals surface area contributed by atoms with Gasteiger partial charge in [-0.1, -0.05) is 43.9 Å². The molecule has 0 spiro atoms. The number of hydrogen-bond donors (Lipinski definition) is 2. The summed E-state index contributed by atoms with van der Waals surface area (Å²) in [5.74, 6) is 0.751. The lowest BCUT2D eigenvalue weighted by atomic mass is 9.92. The van der Waals surface area contributed by atoms with E-state index in [9.17, 15) is 4.79 Å². The maximum absolute atomic E-state index is 12.2. The molecule has 2 atom stereocenters. The topological polar surface area (TPSA) is 41.1 Å². The zero-order valence-corrected chi connectivity index (χ0v) is 13.3. The molecule has 1 aromatic rings. The highest BCUT2D eigenvalue weighted by Gasteiger charge is 2.22. The van der Waals surface area contributed by atoms with E-state index >= 15 is 0 Å². The molecule has 3 nitrogen and oxygen atoms in total. The fourth-order valence-corrected chi connectivity index (χ4v) is 3.19. The predicted molar refractivity (Wildman–Crippen MR) is 88.3 cm³/mol. The van der Waals surface area contributed by atoms with Crippen LogP contribution in [0.1, 0.15) is 52.4 Å². The normalized spacial score (nSPS) is 19.5. The molecule has 1 aliphatic rings. The lowest BCUT2D eigenvalue weighted by Gasteiger charge is -2.26. The highest BCUT2D eigenvalue weighted by Crippen LogP contribution is 2.25. The average Bonchev–Trinajstić information content (AvgIpc) is 2.77. The van der Waals surface area contributed by atoms with Crippen molar-refractivity contribution in [2.75, 3.05) is 5.32 Å². The van der Waals surface area contributed by atoms with E-state index in [-0.39, 0.29) is 11.9 Å². The first-order valence-electron chi connectivity index (χ1n) is 8.29. The van der Waals surface area contributed by atoms with Gasteiger partial charge in [-0.3, -0.25) is 4.79 Å². The molecular weight excluding hydrogens is 260 g/mol. The number of hydrogen-bond acceptors (Lipinski definition) is 2. The molecule has 1 amide bonds. The molecule has 0 heterocycles. The molecule has 21 heavy (non-hydrogen) atoms. The molecule has 0 aliphatic heterocycles. The second-order valence-corrected chi connectivity index (χ2v) is 6.28. The maximum Gasteiger partial charge on any atom is 0.241 e. The van der Waals surface area contributed by atoms with E-state index in [2.05, 4.69) is 17.6 Å². The van der Waals surface area contributed by atoms with Crippen LogP contribution in [0.5, 0.6) is 0 Å². The molecule has 2 N–H and O–H groups in total. The highest BCUT2D eigenvalue weighted by molar-refractivity contribution is 5.94. The van der Waals surface area contributed by atoms with Crippen LogP contribution in [0.3, 0.4) is 0 Å². The third kappa shape index (κ3) is 5.16. The molecule has 116 valence electrons. The number of carbonyl (C=O) groups excluding carboxylic acids is 1. The summed E-state index contributed by atoms with van der Waals surface area (Å²) in [6, 6.07) is 9.89. The molecule has 1 aromatic carbocycles. The van der Waals surface area contributed by atoms with Gasteiger partial charge in [0.2, 0.25) is 5.91 Å². The molecule has 1 fully saturated rings. The Balaban J connectivity index is 1.82. The monoisotopic (exact) mass is 288 g/mol. The van der Waals surface area contributed by atoms with Crippen LogP contribution in [0.4, 0.5) is 5.69 Å². The van der Waals surface area contributed by atoms with Gasteiger partial charge in [-0.25, -0.2) is 0 Å². The number of rotatable bonds is 5. The van der Waals surface area contributed by atoms with E-state index in [0.29, 0.717) is 12.0 Å². The van der Waals surface area contributed by atoms with Gasteiger partial charge in [0.05, 0.1) is 6.04 Å². The number of benzene rings is 1. The molecule has 0 radical (unpaired) electrons. The zero-order valence-electron chi connectivity index (χ0n) is 13.3. The first kappa shape index (κ1) is 16.0. The summed E-state index contributed by atoms with van der Waals surface area (Å²) in [7, 11) is 0. The Morgan fingerprint density at radius 3 is 2.29 bits per heavy atom. The van der Waals surface area contributed by atoms with E-state index in [1.165, 1.54) is 38.5 Å². The van der Waals surface area contributed by atoms with E-state index in [4.69, 9.17) is 0 Å². The maximum atomic E-state index is 12.2. The van der Waals surface area contributed by atoms with E-state index in [1.54, 1.807) is 0 Å². The van der Waals surface area contributed by atoms with Crippen molar-refractivity contribution in [3.05, 3.63) is 30.3 Å². The van der Waals surface area contributed by atoms with Crippen molar-refractivity contribution < 1.29 is 4.79 Å². The van der Waals surface area contributed by atoms with Crippen LogP contribution in [-0.2, 0) is 4.79 Å². The van der Waals surface area contributed by atoms with Gasteiger partial charge in [-0.05, 0) is 44.7 Å². The van der Waals surface area contributed by atoms with E-state index in [0.717, 1.165) is 5.69 Å². The second-order valence-electron chi connectivity index (χ2n) is 6.28. The summed E-state index contributed by atoms with van der Waals surface area (Å²) in [4.78, 5) is 12.2. The van der Waals surface area contributed by atoms with Gasteiger partial charge < -0.3 is 10.6 Å². The van der Waals surface area contributed by atoms with Gasteiger partial charge in [0.15, 0.2) is 0 Å². The van der Waals surface area contributed by atoms with Gasteiger partial charge >= 0.3 is 0 Å². The van der Waals surface area contributed by atoms with Gasteiger partial charge in [0.1, 0.15) is 0 Å². The Morgan fingerprint density at radius 1 is 1.05 bits per heavy atom. The molecule has 1 aliphatic carbocycles. The predicted octanol–water partition coefficient (Wildman–Crippen LogP) is 3.96. The Labute approximate surface area is 128 Å². The fraction of sp³-hybridized carbons (Fsp3) is 0.611. The molecule has 0 saturated heterocycles. The molecule has 1 unspecified atom stereocenters. The van der Waals surface area contributed by atoms with Crippen LogP contribution in [0.15, 0.2) is 30.3 Å². The Morgan fingerprint density at radius 2 is 1.67 bits per heavy atom. The van der Waals surface area contributed by atoms with Gasteiger partial charge in [-0.2, -0.15) is 0 Å². The summed E-state index contributed by atoms with van der Waals surface area (Å²) in [5, 5.41) is 6.45. The summed E-state index contributed by atoms with van der Waals surface area (Å²) < 4.78 is 0. The third-order valence-corrected chi connectivity index (χ3v) is 4.55. The molecular formula is C18H28N2O. The largest absolute Gasteiger partial charge is 0.325 e. The minimum Gasteiger partial charge on any atom is -0.325 e. The number of carbonyl (C=O) groups is 1. The Bertz CT molecular complexity index is 424. The second kappa shape index (κ2) is 8.18. The first-order chi connectivity index (χ1) is 10.2. The average molecular weight is 288 g/mol. The minimum atomic E-state index is -0.163. The molecule has 0 bridgehead atoms. The minimum absolute atomic E-state index is 0.0432. The van der Waals surface area contributed by atoms with Crippen LogP contribution < -0.4 is 10.6 Å². The molecule has 0 aromatic heterocycles. The Hall–Kier alpha value is -1.35.